The molecule has 92 valence electrons. The highest BCUT2D eigenvalue weighted by Crippen LogP contribution is 2.91. The Hall–Kier alpha value is -0.560. The summed E-state index contributed by atoms with van der Waals surface area (Å²) in [5, 5.41) is 11.2. The van der Waals surface area contributed by atoms with Crippen LogP contribution in [0.4, 0.5) is 0 Å². The predicted molar refractivity (Wildman–Crippen MR) is 68.4 cm³/mol. The second-order valence-electron chi connectivity index (χ2n) is 6.95. The van der Waals surface area contributed by atoms with Crippen LogP contribution in [0.25, 0.3) is 0 Å². The molecule has 6 atom stereocenters. The molecule has 0 aromatic rings. The molecule has 4 rings (SSSR count). The van der Waals surface area contributed by atoms with E-state index < -0.39 is 5.60 Å². The van der Waals surface area contributed by atoms with Gasteiger partial charge in [0.25, 0.3) is 0 Å². The smallest absolute Gasteiger partial charge is 0.0720 e. The van der Waals surface area contributed by atoms with E-state index >= 15 is 0 Å². The van der Waals surface area contributed by atoms with E-state index in [0.29, 0.717) is 11.3 Å². The second kappa shape index (κ2) is 2.71. The van der Waals surface area contributed by atoms with Gasteiger partial charge in [-0.15, -0.1) is 6.58 Å². The molecule has 1 heteroatoms. The van der Waals surface area contributed by atoms with Gasteiger partial charge in [-0.05, 0) is 55.3 Å². The monoisotopic (exact) mass is 230 g/mol. The van der Waals surface area contributed by atoms with Crippen molar-refractivity contribution < 1.29 is 5.11 Å². The molecular formula is C16H22O. The molecule has 0 aromatic carbocycles. The highest BCUT2D eigenvalue weighted by atomic mass is 16.3. The Morgan fingerprint density at radius 1 is 1.47 bits per heavy atom. The summed E-state index contributed by atoms with van der Waals surface area (Å²) in [5.41, 5.74) is 0.261. The van der Waals surface area contributed by atoms with Gasteiger partial charge in [0.15, 0.2) is 0 Å². The second-order valence-corrected chi connectivity index (χ2v) is 6.95. The molecule has 0 unspecified atom stereocenters. The third-order valence-electron chi connectivity index (χ3n) is 6.87. The maximum atomic E-state index is 11.2. The summed E-state index contributed by atoms with van der Waals surface area (Å²) in [6.45, 7) is 6.25. The molecule has 0 saturated heterocycles. The van der Waals surface area contributed by atoms with Gasteiger partial charge in [-0.25, -0.2) is 0 Å². The molecule has 17 heavy (non-hydrogen) atoms. The molecule has 0 radical (unpaired) electrons. The first-order valence-corrected chi connectivity index (χ1v) is 7.13. The molecule has 4 aliphatic rings. The lowest BCUT2D eigenvalue weighted by Gasteiger charge is -2.34. The van der Waals surface area contributed by atoms with Crippen LogP contribution in [-0.2, 0) is 0 Å². The Morgan fingerprint density at radius 3 is 3.00 bits per heavy atom. The Labute approximate surface area is 104 Å². The number of hydrogen-bond donors (Lipinski definition) is 1. The molecule has 3 saturated carbocycles. The quantitative estimate of drug-likeness (QED) is 0.737. The molecule has 4 aliphatic carbocycles. The van der Waals surface area contributed by atoms with Crippen molar-refractivity contribution in [1.82, 2.24) is 0 Å². The first-order valence-electron chi connectivity index (χ1n) is 7.13. The highest BCUT2D eigenvalue weighted by Gasteiger charge is 2.89. The van der Waals surface area contributed by atoms with Crippen LogP contribution in [0.2, 0.25) is 0 Å². The lowest BCUT2D eigenvalue weighted by molar-refractivity contribution is -0.0416. The molecule has 1 spiro atoms. The number of allylic oxidation sites excluding steroid dienone is 3. The highest BCUT2D eigenvalue weighted by molar-refractivity contribution is 5.45. The van der Waals surface area contributed by atoms with E-state index in [0.717, 1.165) is 31.1 Å². The molecule has 0 aromatic heterocycles. The van der Waals surface area contributed by atoms with E-state index in [4.69, 9.17) is 0 Å². The Bertz CT molecular complexity index is 425. The molecule has 0 aliphatic heterocycles. The van der Waals surface area contributed by atoms with Crippen LogP contribution in [0.15, 0.2) is 24.8 Å². The van der Waals surface area contributed by atoms with Crippen molar-refractivity contribution in [2.45, 2.75) is 44.6 Å². The fraction of sp³-hybridized carbons (Fsp3) is 0.750. The zero-order valence-electron chi connectivity index (χ0n) is 10.7. The van der Waals surface area contributed by atoms with E-state index in [1.165, 1.54) is 12.8 Å². The van der Waals surface area contributed by atoms with Gasteiger partial charge < -0.3 is 5.11 Å². The standard InChI is InChI=1S/C16H22O/c1-3-4-8-15(17)9-7-12-10-11-5-6-13-14(11,2)16(12,13)15/h3,5-6,11-13,17H,1,4,7-10H2,2H3/t11-,12-,13+,14+,15-,16+/m0/s1. The van der Waals surface area contributed by atoms with Gasteiger partial charge in [-0.1, -0.05) is 25.2 Å². The number of aliphatic hydroxyl groups is 1. The topological polar surface area (TPSA) is 20.2 Å². The predicted octanol–water partition coefficient (Wildman–Crippen LogP) is 3.31. The molecule has 3 fully saturated rings. The lowest BCUT2D eigenvalue weighted by Crippen LogP contribution is -2.39. The van der Waals surface area contributed by atoms with Gasteiger partial charge >= 0.3 is 0 Å². The summed E-state index contributed by atoms with van der Waals surface area (Å²) >= 11 is 0. The van der Waals surface area contributed by atoms with E-state index in [1.54, 1.807) is 0 Å². The van der Waals surface area contributed by atoms with Crippen molar-refractivity contribution in [2.75, 3.05) is 0 Å². The van der Waals surface area contributed by atoms with Crippen molar-refractivity contribution >= 4 is 0 Å². The normalized spacial score (nSPS) is 61.4. The average Bonchev–Trinajstić information content (AvgIpc) is 2.51. The van der Waals surface area contributed by atoms with Crippen LogP contribution < -0.4 is 0 Å². The van der Waals surface area contributed by atoms with Gasteiger partial charge in [0.1, 0.15) is 0 Å². The van der Waals surface area contributed by atoms with Crippen molar-refractivity contribution in [1.29, 1.82) is 0 Å². The maximum absolute atomic E-state index is 11.2. The molecule has 0 amide bonds. The Morgan fingerprint density at radius 2 is 2.29 bits per heavy atom. The molecule has 1 N–H and O–H groups in total. The van der Waals surface area contributed by atoms with Crippen LogP contribution in [-0.4, -0.2) is 10.7 Å². The van der Waals surface area contributed by atoms with Gasteiger partial charge in [-0.2, -0.15) is 0 Å². The molecule has 1 nitrogen and oxygen atoms in total. The summed E-state index contributed by atoms with van der Waals surface area (Å²) in [7, 11) is 0. The Kier molecular flexibility index (Phi) is 1.66. The van der Waals surface area contributed by atoms with Crippen LogP contribution >= 0.6 is 0 Å². The third-order valence-corrected chi connectivity index (χ3v) is 6.87. The van der Waals surface area contributed by atoms with Crippen LogP contribution in [0.5, 0.6) is 0 Å². The summed E-state index contributed by atoms with van der Waals surface area (Å²) in [6, 6.07) is 0. The fourth-order valence-corrected chi connectivity index (χ4v) is 6.36. The largest absolute Gasteiger partial charge is 0.389 e. The van der Waals surface area contributed by atoms with Crippen molar-refractivity contribution in [3.8, 4) is 0 Å². The third kappa shape index (κ3) is 0.789. The minimum atomic E-state index is -0.398. The van der Waals surface area contributed by atoms with Gasteiger partial charge in [0.2, 0.25) is 0 Å². The van der Waals surface area contributed by atoms with Gasteiger partial charge in [0.05, 0.1) is 5.60 Å². The summed E-state index contributed by atoms with van der Waals surface area (Å²) in [4.78, 5) is 0. The summed E-state index contributed by atoms with van der Waals surface area (Å²) in [6.07, 6.45) is 12.3. The summed E-state index contributed by atoms with van der Waals surface area (Å²) < 4.78 is 0. The number of rotatable bonds is 3. The Balaban J connectivity index is 1.77. The van der Waals surface area contributed by atoms with Gasteiger partial charge in [-0.3, -0.25) is 0 Å². The van der Waals surface area contributed by atoms with Crippen molar-refractivity contribution in [2.24, 2.45) is 28.6 Å². The van der Waals surface area contributed by atoms with E-state index in [2.05, 4.69) is 25.7 Å². The fourth-order valence-electron chi connectivity index (χ4n) is 6.36. The van der Waals surface area contributed by atoms with Crippen molar-refractivity contribution in [3.05, 3.63) is 24.8 Å². The van der Waals surface area contributed by atoms with Crippen LogP contribution in [0, 0.1) is 28.6 Å². The number of hydrogen-bond acceptors (Lipinski definition) is 1. The zero-order valence-corrected chi connectivity index (χ0v) is 10.7. The molecular weight excluding hydrogens is 208 g/mol. The van der Waals surface area contributed by atoms with E-state index in [9.17, 15) is 5.11 Å². The van der Waals surface area contributed by atoms with E-state index in [-0.39, 0.29) is 5.41 Å². The van der Waals surface area contributed by atoms with Gasteiger partial charge in [0, 0.05) is 5.41 Å². The lowest BCUT2D eigenvalue weighted by atomic mass is 9.75. The summed E-state index contributed by atoms with van der Waals surface area (Å²) in [5.74, 6) is 2.22. The van der Waals surface area contributed by atoms with E-state index in [1.807, 2.05) is 6.08 Å². The van der Waals surface area contributed by atoms with Crippen molar-refractivity contribution in [3.63, 3.8) is 0 Å². The van der Waals surface area contributed by atoms with Crippen LogP contribution in [0.3, 0.4) is 0 Å². The zero-order chi connectivity index (χ0) is 11.9. The first-order chi connectivity index (χ1) is 8.11. The van der Waals surface area contributed by atoms with Crippen LogP contribution in [0.1, 0.15) is 39.0 Å². The SMILES string of the molecule is C=CCC[C@]1(O)CC[C@H]2C[C@@H]3C=C[C@@H]4[C@]3(C)[C@@]241. The minimum Gasteiger partial charge on any atom is -0.389 e. The minimum absolute atomic E-state index is 0.252. The molecule has 0 bridgehead atoms. The molecule has 0 heterocycles. The maximum Gasteiger partial charge on any atom is 0.0720 e. The first kappa shape index (κ1) is 10.4. The average molecular weight is 230 g/mol.